The first-order chi connectivity index (χ1) is 8.56. The molecular formula is C12H14FN3O2. The first-order valence-electron chi connectivity index (χ1n) is 5.69. The van der Waals surface area contributed by atoms with Crippen molar-refractivity contribution >= 4 is 0 Å². The first kappa shape index (κ1) is 12.6. The molecule has 0 saturated heterocycles. The molecular weight excluding hydrogens is 237 g/mol. The van der Waals surface area contributed by atoms with Crippen LogP contribution in [0.2, 0.25) is 0 Å². The molecule has 6 heteroatoms. The van der Waals surface area contributed by atoms with Gasteiger partial charge >= 0.3 is 0 Å². The minimum absolute atomic E-state index is 0.115. The Morgan fingerprint density at radius 3 is 2.78 bits per heavy atom. The van der Waals surface area contributed by atoms with E-state index in [0.29, 0.717) is 23.8 Å². The molecule has 0 aromatic carbocycles. The lowest BCUT2D eigenvalue weighted by molar-refractivity contribution is 0.116. The van der Waals surface area contributed by atoms with Gasteiger partial charge in [0.1, 0.15) is 11.5 Å². The lowest BCUT2D eigenvalue weighted by Crippen LogP contribution is -2.17. The quantitative estimate of drug-likeness (QED) is 0.897. The topological polar surface area (TPSA) is 72.0 Å². The van der Waals surface area contributed by atoms with Crippen LogP contribution in [0.4, 0.5) is 4.39 Å². The Morgan fingerprint density at radius 1 is 1.39 bits per heavy atom. The van der Waals surface area contributed by atoms with Gasteiger partial charge in [0.05, 0.1) is 18.7 Å². The number of pyridine rings is 1. The highest BCUT2D eigenvalue weighted by molar-refractivity contribution is 5.47. The minimum Gasteiger partial charge on any atom is -0.392 e. The summed E-state index contributed by atoms with van der Waals surface area (Å²) in [5.41, 5.74) is 0.436. The zero-order valence-electron chi connectivity index (χ0n) is 10.2. The lowest BCUT2D eigenvalue weighted by atomic mass is 10.0. The molecule has 2 aromatic rings. The fourth-order valence-electron chi connectivity index (χ4n) is 1.36. The van der Waals surface area contributed by atoms with Gasteiger partial charge < -0.3 is 9.63 Å². The summed E-state index contributed by atoms with van der Waals surface area (Å²) in [6, 6.07) is 2.75. The van der Waals surface area contributed by atoms with E-state index in [1.54, 1.807) is 0 Å². The molecule has 0 aliphatic rings. The van der Waals surface area contributed by atoms with E-state index >= 15 is 0 Å². The van der Waals surface area contributed by atoms with Crippen LogP contribution >= 0.6 is 0 Å². The average Bonchev–Trinajstić information content (AvgIpc) is 2.78. The molecule has 96 valence electrons. The minimum atomic E-state index is -0.528. The van der Waals surface area contributed by atoms with E-state index in [0.717, 1.165) is 6.20 Å². The van der Waals surface area contributed by atoms with Crippen molar-refractivity contribution in [3.63, 3.8) is 0 Å². The predicted molar refractivity (Wildman–Crippen MR) is 62.0 cm³/mol. The number of aliphatic hydroxyl groups is 1. The second-order valence-electron chi connectivity index (χ2n) is 4.39. The van der Waals surface area contributed by atoms with Crippen LogP contribution in [-0.2, 0) is 6.42 Å². The number of aromatic nitrogens is 3. The van der Waals surface area contributed by atoms with Crippen molar-refractivity contribution in [2.45, 2.75) is 26.4 Å². The Labute approximate surface area is 104 Å². The molecule has 0 fully saturated rings. The summed E-state index contributed by atoms with van der Waals surface area (Å²) in [5, 5.41) is 13.4. The second kappa shape index (κ2) is 5.22. The maximum absolute atomic E-state index is 12.7. The molecule has 0 bridgehead atoms. The van der Waals surface area contributed by atoms with Gasteiger partial charge in [0.25, 0.3) is 0 Å². The molecule has 2 rings (SSSR count). The molecule has 0 amide bonds. The fourth-order valence-corrected chi connectivity index (χ4v) is 1.36. The molecule has 0 aliphatic carbocycles. The predicted octanol–water partition coefficient (Wildman–Crippen LogP) is 1.83. The number of aliphatic hydroxyl groups excluding tert-OH is 1. The van der Waals surface area contributed by atoms with Crippen molar-refractivity contribution in [1.29, 1.82) is 0 Å². The highest BCUT2D eigenvalue weighted by Crippen LogP contribution is 2.15. The highest BCUT2D eigenvalue weighted by Gasteiger charge is 2.16. The third-order valence-electron chi connectivity index (χ3n) is 2.58. The molecule has 0 spiro atoms. The molecule has 1 N–H and O–H groups in total. The summed E-state index contributed by atoms with van der Waals surface area (Å²) in [7, 11) is 0. The normalized spacial score (nSPS) is 12.9. The van der Waals surface area contributed by atoms with E-state index in [9.17, 15) is 9.50 Å². The number of rotatable bonds is 4. The van der Waals surface area contributed by atoms with Gasteiger partial charge in [-0.2, -0.15) is 4.98 Å². The second-order valence-corrected chi connectivity index (χ2v) is 4.39. The number of hydrogen-bond donors (Lipinski definition) is 1. The number of halogens is 1. The van der Waals surface area contributed by atoms with Crippen molar-refractivity contribution in [3.05, 3.63) is 30.0 Å². The molecule has 0 aliphatic heterocycles. The van der Waals surface area contributed by atoms with Gasteiger partial charge in [-0.25, -0.2) is 9.37 Å². The zero-order valence-corrected chi connectivity index (χ0v) is 10.2. The van der Waals surface area contributed by atoms with Crippen LogP contribution in [0.15, 0.2) is 22.9 Å². The molecule has 5 nitrogen and oxygen atoms in total. The Kier molecular flexibility index (Phi) is 3.66. The van der Waals surface area contributed by atoms with E-state index in [-0.39, 0.29) is 5.92 Å². The summed E-state index contributed by atoms with van der Waals surface area (Å²) >= 11 is 0. The monoisotopic (exact) mass is 251 g/mol. The summed E-state index contributed by atoms with van der Waals surface area (Å²) < 4.78 is 17.7. The SMILES string of the molecule is CC(C)C(O)Cc1nc(-c2ccc(F)cn2)no1. The number of hydrogen-bond acceptors (Lipinski definition) is 5. The van der Waals surface area contributed by atoms with E-state index in [1.807, 2.05) is 13.8 Å². The van der Waals surface area contributed by atoms with Crippen LogP contribution in [-0.4, -0.2) is 26.3 Å². The van der Waals surface area contributed by atoms with Crippen LogP contribution in [0, 0.1) is 11.7 Å². The summed E-state index contributed by atoms with van der Waals surface area (Å²) in [4.78, 5) is 7.96. The van der Waals surface area contributed by atoms with Crippen molar-refractivity contribution in [2.24, 2.45) is 5.92 Å². The Hall–Kier alpha value is -1.82. The van der Waals surface area contributed by atoms with E-state index in [4.69, 9.17) is 4.52 Å². The van der Waals surface area contributed by atoms with Crippen molar-refractivity contribution in [3.8, 4) is 11.5 Å². The van der Waals surface area contributed by atoms with Crippen LogP contribution in [0.5, 0.6) is 0 Å². The third-order valence-corrected chi connectivity index (χ3v) is 2.58. The highest BCUT2D eigenvalue weighted by atomic mass is 19.1. The third kappa shape index (κ3) is 2.89. The lowest BCUT2D eigenvalue weighted by Gasteiger charge is -2.10. The van der Waals surface area contributed by atoms with Gasteiger partial charge in [-0.05, 0) is 18.1 Å². The van der Waals surface area contributed by atoms with Gasteiger partial charge in [-0.1, -0.05) is 19.0 Å². The smallest absolute Gasteiger partial charge is 0.229 e. The van der Waals surface area contributed by atoms with Gasteiger partial charge in [-0.3, -0.25) is 0 Å². The molecule has 2 aromatic heterocycles. The van der Waals surface area contributed by atoms with Crippen molar-refractivity contribution in [1.82, 2.24) is 15.1 Å². The van der Waals surface area contributed by atoms with E-state index in [2.05, 4.69) is 15.1 Å². The van der Waals surface area contributed by atoms with Crippen molar-refractivity contribution in [2.75, 3.05) is 0 Å². The zero-order chi connectivity index (χ0) is 13.1. The van der Waals surface area contributed by atoms with Crippen molar-refractivity contribution < 1.29 is 14.0 Å². The number of nitrogens with zero attached hydrogens (tertiary/aromatic N) is 3. The summed E-state index contributed by atoms with van der Waals surface area (Å²) in [6.07, 6.45) is 0.861. The first-order valence-corrected chi connectivity index (χ1v) is 5.69. The molecule has 2 heterocycles. The largest absolute Gasteiger partial charge is 0.392 e. The standard InChI is InChI=1S/C12H14FN3O2/c1-7(2)10(17)5-11-15-12(16-18-11)9-4-3-8(13)6-14-9/h3-4,6-7,10,17H,5H2,1-2H3. The molecule has 1 unspecified atom stereocenters. The summed E-state index contributed by atoms with van der Waals surface area (Å²) in [5.74, 6) is 0.334. The van der Waals surface area contributed by atoms with E-state index < -0.39 is 11.9 Å². The van der Waals surface area contributed by atoms with Crippen LogP contribution in [0.25, 0.3) is 11.5 Å². The maximum atomic E-state index is 12.7. The van der Waals surface area contributed by atoms with Gasteiger partial charge in [0, 0.05) is 0 Å². The molecule has 18 heavy (non-hydrogen) atoms. The maximum Gasteiger partial charge on any atom is 0.229 e. The van der Waals surface area contributed by atoms with E-state index in [1.165, 1.54) is 12.1 Å². The molecule has 1 atom stereocenters. The Bertz CT molecular complexity index is 510. The summed E-state index contributed by atoms with van der Waals surface area (Å²) in [6.45, 7) is 3.81. The average molecular weight is 251 g/mol. The fraction of sp³-hybridized carbons (Fsp3) is 0.417. The van der Waals surface area contributed by atoms with Gasteiger partial charge in [-0.15, -0.1) is 0 Å². The van der Waals surface area contributed by atoms with Crippen LogP contribution in [0.1, 0.15) is 19.7 Å². The van der Waals surface area contributed by atoms with Crippen LogP contribution < -0.4 is 0 Å². The van der Waals surface area contributed by atoms with Gasteiger partial charge in [0.15, 0.2) is 0 Å². The van der Waals surface area contributed by atoms with Crippen LogP contribution in [0.3, 0.4) is 0 Å². The molecule has 0 saturated carbocycles. The molecule has 0 radical (unpaired) electrons. The van der Waals surface area contributed by atoms with Gasteiger partial charge in [0.2, 0.25) is 11.7 Å². The Balaban J connectivity index is 2.13. The Morgan fingerprint density at radius 2 is 2.17 bits per heavy atom.